The number of hydrogen-bond donors (Lipinski definition) is 3. The van der Waals surface area contributed by atoms with E-state index in [1.807, 2.05) is 36.0 Å². The van der Waals surface area contributed by atoms with E-state index < -0.39 is 0 Å². The van der Waals surface area contributed by atoms with Gasteiger partial charge in [0.25, 0.3) is 11.8 Å². The molecule has 2 aromatic heterocycles. The number of aryl methyl sites for hydroxylation is 2. The number of aromatic nitrogens is 3. The number of carbonyl (C=O) groups is 2. The van der Waals surface area contributed by atoms with Crippen molar-refractivity contribution in [3.8, 4) is 0 Å². The number of fused-ring (bicyclic) bond motifs is 1. The Kier molecular flexibility index (Phi) is 9.54. The highest BCUT2D eigenvalue weighted by atomic mass is 79.9. The van der Waals surface area contributed by atoms with E-state index in [1.54, 1.807) is 24.3 Å². The molecule has 9 nitrogen and oxygen atoms in total. The average Bonchev–Trinajstić information content (AvgIpc) is 3.44. The van der Waals surface area contributed by atoms with Crippen LogP contribution in [0.15, 0.2) is 53.1 Å². The van der Waals surface area contributed by atoms with Crippen LogP contribution in [0.3, 0.4) is 0 Å². The molecule has 1 saturated heterocycles. The van der Waals surface area contributed by atoms with Gasteiger partial charge in [-0.25, -0.2) is 9.67 Å². The van der Waals surface area contributed by atoms with Crippen LogP contribution >= 0.6 is 15.9 Å². The number of halogens is 1. The number of ether oxygens (including phenoxy) is 1. The van der Waals surface area contributed by atoms with Gasteiger partial charge in [-0.15, -0.1) is 0 Å². The Bertz CT molecular complexity index is 1590. The monoisotopic (exact) mass is 632 g/mol. The maximum Gasteiger partial charge on any atom is 0.251 e. The number of amides is 2. The van der Waals surface area contributed by atoms with E-state index in [0.717, 1.165) is 76.2 Å². The average molecular weight is 634 g/mol. The summed E-state index contributed by atoms with van der Waals surface area (Å²) in [5.74, 6) is -0.487. The van der Waals surface area contributed by atoms with Gasteiger partial charge >= 0.3 is 0 Å². The maximum absolute atomic E-state index is 13.3. The molecule has 42 heavy (non-hydrogen) atoms. The van der Waals surface area contributed by atoms with Crippen molar-refractivity contribution in [2.75, 3.05) is 18.5 Å². The zero-order valence-electron chi connectivity index (χ0n) is 24.3. The summed E-state index contributed by atoms with van der Waals surface area (Å²) in [7, 11) is 0. The lowest BCUT2D eigenvalue weighted by molar-refractivity contribution is 0.0904. The van der Waals surface area contributed by atoms with Crippen molar-refractivity contribution in [3.05, 3.63) is 86.6 Å². The lowest BCUT2D eigenvalue weighted by Crippen LogP contribution is -2.30. The Morgan fingerprint density at radius 3 is 2.40 bits per heavy atom. The molecule has 0 radical (unpaired) electrons. The SMILES string of the molecule is CCc1nc2c(cnn2CC)c(NC2CCOCC2)c1CNC(=O)c1cccc(C(=O)NCc2cccc(Br)c2C)c1. The first-order chi connectivity index (χ1) is 20.4. The van der Waals surface area contributed by atoms with E-state index in [9.17, 15) is 9.59 Å². The van der Waals surface area contributed by atoms with Crippen molar-refractivity contribution < 1.29 is 14.3 Å². The van der Waals surface area contributed by atoms with Crippen molar-refractivity contribution >= 4 is 44.5 Å². The topological polar surface area (TPSA) is 110 Å². The van der Waals surface area contributed by atoms with E-state index >= 15 is 0 Å². The minimum Gasteiger partial charge on any atom is -0.381 e. The van der Waals surface area contributed by atoms with E-state index in [2.05, 4.69) is 50.8 Å². The van der Waals surface area contributed by atoms with Crippen LogP contribution in [0.4, 0.5) is 5.69 Å². The van der Waals surface area contributed by atoms with Gasteiger partial charge < -0.3 is 20.7 Å². The number of benzene rings is 2. The lowest BCUT2D eigenvalue weighted by atomic mass is 10.0. The summed E-state index contributed by atoms with van der Waals surface area (Å²) in [4.78, 5) is 31.2. The van der Waals surface area contributed by atoms with Gasteiger partial charge in [0.05, 0.1) is 17.3 Å². The maximum atomic E-state index is 13.3. The van der Waals surface area contributed by atoms with Gasteiger partial charge in [0.1, 0.15) is 0 Å². The molecule has 220 valence electrons. The van der Waals surface area contributed by atoms with Gasteiger partial charge in [0, 0.05) is 65.7 Å². The summed E-state index contributed by atoms with van der Waals surface area (Å²) in [5, 5.41) is 15.3. The molecule has 0 unspecified atom stereocenters. The third-order valence-corrected chi connectivity index (χ3v) is 8.67. The summed E-state index contributed by atoms with van der Waals surface area (Å²) in [5.41, 5.74) is 6.65. The molecule has 2 amide bonds. The summed E-state index contributed by atoms with van der Waals surface area (Å²) >= 11 is 3.53. The molecule has 10 heteroatoms. The molecule has 0 spiro atoms. The van der Waals surface area contributed by atoms with Crippen LogP contribution < -0.4 is 16.0 Å². The van der Waals surface area contributed by atoms with Crippen LogP contribution in [0.2, 0.25) is 0 Å². The molecular weight excluding hydrogens is 596 g/mol. The molecule has 0 atom stereocenters. The second-order valence-electron chi connectivity index (χ2n) is 10.5. The minimum absolute atomic E-state index is 0.233. The number of hydrogen-bond acceptors (Lipinski definition) is 6. The number of rotatable bonds is 10. The molecule has 1 fully saturated rings. The van der Waals surface area contributed by atoms with Crippen LogP contribution in [-0.2, 0) is 30.8 Å². The Balaban J connectivity index is 1.34. The smallest absolute Gasteiger partial charge is 0.251 e. The van der Waals surface area contributed by atoms with E-state index in [1.165, 1.54) is 0 Å². The molecule has 3 N–H and O–H groups in total. The van der Waals surface area contributed by atoms with Crippen molar-refractivity contribution in [2.45, 2.75) is 65.7 Å². The van der Waals surface area contributed by atoms with Gasteiger partial charge in [-0.1, -0.05) is 41.1 Å². The first-order valence-electron chi connectivity index (χ1n) is 14.5. The highest BCUT2D eigenvalue weighted by Gasteiger charge is 2.22. The van der Waals surface area contributed by atoms with Gasteiger partial charge in [-0.2, -0.15) is 5.10 Å². The van der Waals surface area contributed by atoms with Gasteiger partial charge in [0.2, 0.25) is 0 Å². The summed E-state index contributed by atoms with van der Waals surface area (Å²) in [6.07, 6.45) is 4.39. The summed E-state index contributed by atoms with van der Waals surface area (Å²) in [6.45, 7) is 8.99. The van der Waals surface area contributed by atoms with Crippen molar-refractivity contribution in [1.29, 1.82) is 0 Å². The van der Waals surface area contributed by atoms with Gasteiger partial charge in [0.15, 0.2) is 5.65 Å². The molecule has 1 aliphatic heterocycles. The highest BCUT2D eigenvalue weighted by molar-refractivity contribution is 9.10. The molecule has 0 aliphatic carbocycles. The van der Waals surface area contributed by atoms with Crippen LogP contribution in [0, 0.1) is 6.92 Å². The van der Waals surface area contributed by atoms with E-state index in [-0.39, 0.29) is 17.9 Å². The third-order valence-electron chi connectivity index (χ3n) is 7.81. The van der Waals surface area contributed by atoms with Crippen molar-refractivity contribution in [1.82, 2.24) is 25.4 Å². The van der Waals surface area contributed by atoms with Crippen LogP contribution in [-0.4, -0.2) is 45.8 Å². The minimum atomic E-state index is -0.254. The van der Waals surface area contributed by atoms with Crippen molar-refractivity contribution in [3.63, 3.8) is 0 Å². The van der Waals surface area contributed by atoms with Crippen LogP contribution in [0.25, 0.3) is 11.0 Å². The van der Waals surface area contributed by atoms with E-state index in [4.69, 9.17) is 9.72 Å². The Hall–Kier alpha value is -3.76. The normalized spacial score (nSPS) is 13.7. The van der Waals surface area contributed by atoms with Crippen molar-refractivity contribution in [2.24, 2.45) is 0 Å². The second-order valence-corrected chi connectivity index (χ2v) is 11.3. The number of carbonyl (C=O) groups excluding carboxylic acids is 2. The fraction of sp³-hybridized carbons (Fsp3) is 0.375. The highest BCUT2D eigenvalue weighted by Crippen LogP contribution is 2.31. The largest absolute Gasteiger partial charge is 0.381 e. The number of nitrogens with one attached hydrogen (secondary N) is 3. The lowest BCUT2D eigenvalue weighted by Gasteiger charge is -2.26. The standard InChI is InChI=1S/C32H37BrN6O3/c1-4-28-25(29(37-24-12-14-42-15-13-24)26-19-36-39(5-2)30(26)38-28)18-35-32(41)22-9-6-8-21(16-22)31(40)34-17-23-10-7-11-27(33)20(23)3/h6-11,16,19,24H,4-5,12-15,17-18H2,1-3H3,(H,34,40)(H,35,41)(H,37,38). The number of anilines is 1. The summed E-state index contributed by atoms with van der Waals surface area (Å²) < 4.78 is 8.47. The fourth-order valence-electron chi connectivity index (χ4n) is 5.29. The Labute approximate surface area is 254 Å². The van der Waals surface area contributed by atoms with Crippen LogP contribution in [0.5, 0.6) is 0 Å². The molecule has 4 aromatic rings. The molecular formula is C32H37BrN6O3. The second kappa shape index (κ2) is 13.5. The van der Waals surface area contributed by atoms with Crippen LogP contribution in [0.1, 0.15) is 69.8 Å². The fourth-order valence-corrected chi connectivity index (χ4v) is 5.70. The predicted octanol–water partition coefficient (Wildman–Crippen LogP) is 5.54. The van der Waals surface area contributed by atoms with E-state index in [0.29, 0.717) is 30.6 Å². The molecule has 3 heterocycles. The van der Waals surface area contributed by atoms with Gasteiger partial charge in [-0.05, 0) is 68.5 Å². The first-order valence-corrected chi connectivity index (χ1v) is 15.3. The quantitative estimate of drug-likeness (QED) is 0.212. The number of pyridine rings is 1. The zero-order chi connectivity index (χ0) is 29.6. The third kappa shape index (κ3) is 6.50. The van der Waals surface area contributed by atoms with Gasteiger partial charge in [-0.3, -0.25) is 9.59 Å². The molecule has 0 saturated carbocycles. The summed E-state index contributed by atoms with van der Waals surface area (Å²) in [6, 6.07) is 13.0. The molecule has 5 rings (SSSR count). The molecule has 2 aromatic carbocycles. The zero-order valence-corrected chi connectivity index (χ0v) is 25.9. The number of nitrogens with zero attached hydrogens (tertiary/aromatic N) is 3. The molecule has 0 bridgehead atoms. The first kappa shape index (κ1) is 29.7. The Morgan fingerprint density at radius 1 is 1.02 bits per heavy atom. The Morgan fingerprint density at radius 2 is 1.71 bits per heavy atom. The molecule has 1 aliphatic rings. The predicted molar refractivity (Wildman–Crippen MR) is 168 cm³/mol.